The lowest BCUT2D eigenvalue weighted by Gasteiger charge is -2.19. The minimum atomic E-state index is -0.137. The first-order chi connectivity index (χ1) is 9.65. The minimum Gasteiger partial charge on any atom is -0.357 e. The summed E-state index contributed by atoms with van der Waals surface area (Å²) < 4.78 is 0. The van der Waals surface area contributed by atoms with Crippen molar-refractivity contribution in [1.29, 1.82) is 0 Å². The molecule has 0 aliphatic carbocycles. The van der Waals surface area contributed by atoms with Gasteiger partial charge in [-0.3, -0.25) is 4.79 Å². The van der Waals surface area contributed by atoms with Crippen LogP contribution in [0.3, 0.4) is 0 Å². The van der Waals surface area contributed by atoms with Crippen LogP contribution in [0.4, 0.5) is 11.5 Å². The fourth-order valence-electron chi connectivity index (χ4n) is 1.90. The highest BCUT2D eigenvalue weighted by Gasteiger charge is 2.12. The number of amides is 1. The summed E-state index contributed by atoms with van der Waals surface area (Å²) in [5.74, 6) is 0.782. The summed E-state index contributed by atoms with van der Waals surface area (Å²) in [5, 5.41) is 2.84. The molecule has 6 heteroatoms. The second kappa shape index (κ2) is 6.47. The van der Waals surface area contributed by atoms with Crippen LogP contribution in [-0.4, -0.2) is 29.0 Å². The second-order valence-corrected chi connectivity index (χ2v) is 5.15. The van der Waals surface area contributed by atoms with E-state index in [-0.39, 0.29) is 5.91 Å². The molecule has 0 radical (unpaired) electrons. The van der Waals surface area contributed by atoms with Gasteiger partial charge in [-0.1, -0.05) is 0 Å². The Balaban J connectivity index is 2.08. The van der Waals surface area contributed by atoms with Crippen molar-refractivity contribution in [2.45, 2.75) is 20.8 Å². The average Bonchev–Trinajstić information content (AvgIpc) is 2.88. The van der Waals surface area contributed by atoms with Gasteiger partial charge in [0, 0.05) is 13.1 Å². The number of nitrogens with zero attached hydrogens (tertiary/aromatic N) is 3. The largest absolute Gasteiger partial charge is 0.357 e. The molecule has 0 saturated heterocycles. The van der Waals surface area contributed by atoms with Crippen LogP contribution in [-0.2, 0) is 0 Å². The maximum Gasteiger partial charge on any atom is 0.267 e. The molecule has 20 heavy (non-hydrogen) atoms. The lowest BCUT2D eigenvalue weighted by Crippen LogP contribution is -2.22. The molecule has 2 aromatic rings. The van der Waals surface area contributed by atoms with E-state index in [0.29, 0.717) is 10.6 Å². The van der Waals surface area contributed by atoms with E-state index < -0.39 is 0 Å². The van der Waals surface area contributed by atoms with Crippen LogP contribution in [0.5, 0.6) is 0 Å². The first-order valence-electron chi connectivity index (χ1n) is 6.58. The molecule has 0 fully saturated rings. The Morgan fingerprint density at radius 2 is 2.05 bits per heavy atom. The number of hydrogen-bond acceptors (Lipinski definition) is 5. The number of pyridine rings is 1. The maximum atomic E-state index is 12.0. The zero-order valence-electron chi connectivity index (χ0n) is 11.9. The minimum absolute atomic E-state index is 0.137. The molecule has 1 N–H and O–H groups in total. The highest BCUT2D eigenvalue weighted by Crippen LogP contribution is 2.17. The lowest BCUT2D eigenvalue weighted by atomic mass is 10.3. The van der Waals surface area contributed by atoms with Crippen molar-refractivity contribution in [3.05, 3.63) is 34.4 Å². The van der Waals surface area contributed by atoms with Crippen LogP contribution < -0.4 is 10.2 Å². The van der Waals surface area contributed by atoms with E-state index in [1.165, 1.54) is 11.3 Å². The zero-order valence-corrected chi connectivity index (χ0v) is 12.7. The summed E-state index contributed by atoms with van der Waals surface area (Å²) in [5.41, 5.74) is 3.12. The second-order valence-electron chi connectivity index (χ2n) is 4.30. The number of rotatable bonds is 5. The van der Waals surface area contributed by atoms with Crippen LogP contribution in [0, 0.1) is 6.92 Å². The monoisotopic (exact) mass is 290 g/mol. The van der Waals surface area contributed by atoms with Crippen molar-refractivity contribution in [3.8, 4) is 0 Å². The molecule has 2 heterocycles. The Labute approximate surface area is 122 Å². The molecule has 1 amide bonds. The summed E-state index contributed by atoms with van der Waals surface area (Å²) >= 11 is 1.34. The van der Waals surface area contributed by atoms with Crippen molar-refractivity contribution in [3.63, 3.8) is 0 Å². The predicted molar refractivity (Wildman–Crippen MR) is 82.6 cm³/mol. The van der Waals surface area contributed by atoms with Crippen molar-refractivity contribution >= 4 is 28.7 Å². The van der Waals surface area contributed by atoms with Crippen LogP contribution in [0.15, 0.2) is 23.8 Å². The van der Waals surface area contributed by atoms with Crippen LogP contribution in [0.2, 0.25) is 0 Å². The number of aryl methyl sites for hydroxylation is 1. The van der Waals surface area contributed by atoms with Crippen molar-refractivity contribution in [1.82, 2.24) is 9.97 Å². The molecule has 2 aromatic heterocycles. The summed E-state index contributed by atoms with van der Waals surface area (Å²) in [6, 6.07) is 3.79. The SMILES string of the molecule is CCN(CC)c1ccc(NC(=O)c2scnc2C)cn1. The summed E-state index contributed by atoms with van der Waals surface area (Å²) in [7, 11) is 0. The first kappa shape index (κ1) is 14.5. The topological polar surface area (TPSA) is 58.1 Å². The molecule has 0 aliphatic rings. The van der Waals surface area contributed by atoms with Crippen molar-refractivity contribution in [2.24, 2.45) is 0 Å². The number of aromatic nitrogens is 2. The Hall–Kier alpha value is -1.95. The predicted octanol–water partition coefficient (Wildman–Crippen LogP) is 2.95. The Kier molecular flexibility index (Phi) is 4.68. The highest BCUT2D eigenvalue weighted by molar-refractivity contribution is 7.12. The molecular formula is C14H18N4OS. The van der Waals surface area contributed by atoms with E-state index >= 15 is 0 Å². The lowest BCUT2D eigenvalue weighted by molar-refractivity contribution is 0.103. The van der Waals surface area contributed by atoms with Crippen LogP contribution >= 0.6 is 11.3 Å². The van der Waals surface area contributed by atoms with E-state index in [4.69, 9.17) is 0 Å². The number of carbonyl (C=O) groups excluding carboxylic acids is 1. The molecule has 5 nitrogen and oxygen atoms in total. The molecular weight excluding hydrogens is 272 g/mol. The number of nitrogens with one attached hydrogen (secondary N) is 1. The van der Waals surface area contributed by atoms with Crippen molar-refractivity contribution in [2.75, 3.05) is 23.3 Å². The third-order valence-electron chi connectivity index (χ3n) is 3.04. The molecule has 2 rings (SSSR count). The molecule has 0 spiro atoms. The van der Waals surface area contributed by atoms with Crippen molar-refractivity contribution < 1.29 is 4.79 Å². The molecule has 0 atom stereocenters. The third-order valence-corrected chi connectivity index (χ3v) is 3.97. The molecule has 0 unspecified atom stereocenters. The molecule has 106 valence electrons. The van der Waals surface area contributed by atoms with Gasteiger partial charge in [0.25, 0.3) is 5.91 Å². The molecule has 0 aliphatic heterocycles. The first-order valence-corrected chi connectivity index (χ1v) is 7.46. The van der Waals surface area contributed by atoms with Gasteiger partial charge in [-0.05, 0) is 32.9 Å². The Morgan fingerprint density at radius 1 is 1.30 bits per heavy atom. The fourth-order valence-corrected chi connectivity index (χ4v) is 2.60. The van der Waals surface area contributed by atoms with E-state index in [2.05, 4.69) is 34.0 Å². The van der Waals surface area contributed by atoms with Gasteiger partial charge in [0.05, 0.1) is 23.1 Å². The highest BCUT2D eigenvalue weighted by atomic mass is 32.1. The number of anilines is 2. The maximum absolute atomic E-state index is 12.0. The average molecular weight is 290 g/mol. The zero-order chi connectivity index (χ0) is 14.5. The fraction of sp³-hybridized carbons (Fsp3) is 0.357. The van der Waals surface area contributed by atoms with E-state index in [1.807, 2.05) is 19.1 Å². The molecule has 0 saturated carbocycles. The molecule has 0 bridgehead atoms. The summed E-state index contributed by atoms with van der Waals surface area (Å²) in [4.78, 5) is 23.3. The number of hydrogen-bond donors (Lipinski definition) is 1. The standard InChI is InChI=1S/C14H18N4OS/c1-4-18(5-2)12-7-6-11(8-15-12)17-14(19)13-10(3)16-9-20-13/h6-9H,4-5H2,1-3H3,(H,17,19). The van der Waals surface area contributed by atoms with Gasteiger partial charge in [-0.25, -0.2) is 9.97 Å². The Bertz CT molecular complexity index is 575. The van der Waals surface area contributed by atoms with Gasteiger partial charge in [0.15, 0.2) is 0 Å². The van der Waals surface area contributed by atoms with E-state index in [9.17, 15) is 4.79 Å². The van der Waals surface area contributed by atoms with Gasteiger partial charge < -0.3 is 10.2 Å². The van der Waals surface area contributed by atoms with Crippen LogP contribution in [0.1, 0.15) is 29.2 Å². The number of carbonyl (C=O) groups is 1. The smallest absolute Gasteiger partial charge is 0.267 e. The Morgan fingerprint density at radius 3 is 2.55 bits per heavy atom. The normalized spacial score (nSPS) is 10.3. The molecule has 0 aromatic carbocycles. The van der Waals surface area contributed by atoms with Gasteiger partial charge in [0.2, 0.25) is 0 Å². The van der Waals surface area contributed by atoms with E-state index in [0.717, 1.165) is 24.6 Å². The van der Waals surface area contributed by atoms with Gasteiger partial charge in [-0.15, -0.1) is 11.3 Å². The van der Waals surface area contributed by atoms with Gasteiger partial charge >= 0.3 is 0 Å². The van der Waals surface area contributed by atoms with Gasteiger partial charge in [-0.2, -0.15) is 0 Å². The number of thiazole rings is 1. The summed E-state index contributed by atoms with van der Waals surface area (Å²) in [6.45, 7) is 7.83. The third kappa shape index (κ3) is 3.14. The van der Waals surface area contributed by atoms with Crippen LogP contribution in [0.25, 0.3) is 0 Å². The quantitative estimate of drug-likeness (QED) is 0.920. The van der Waals surface area contributed by atoms with E-state index in [1.54, 1.807) is 11.7 Å². The summed E-state index contributed by atoms with van der Waals surface area (Å²) in [6.07, 6.45) is 1.68. The van der Waals surface area contributed by atoms with Gasteiger partial charge in [0.1, 0.15) is 10.7 Å².